The summed E-state index contributed by atoms with van der Waals surface area (Å²) in [6.45, 7) is 4.37. The van der Waals surface area contributed by atoms with E-state index in [0.29, 0.717) is 0 Å². The van der Waals surface area contributed by atoms with Gasteiger partial charge in [0.2, 0.25) is 0 Å². The molecular formula is C16H21. The van der Waals surface area contributed by atoms with Gasteiger partial charge in [0.15, 0.2) is 0 Å². The van der Waals surface area contributed by atoms with Gasteiger partial charge in [-0.2, -0.15) is 0 Å². The van der Waals surface area contributed by atoms with Crippen molar-refractivity contribution in [3.8, 4) is 5.92 Å². The van der Waals surface area contributed by atoms with Crippen LogP contribution in [0.4, 0.5) is 0 Å². The monoisotopic (exact) mass is 213 g/mol. The van der Waals surface area contributed by atoms with E-state index in [1.54, 1.807) is 0 Å². The topological polar surface area (TPSA) is 0 Å². The molecule has 0 nitrogen and oxygen atoms in total. The van der Waals surface area contributed by atoms with Crippen LogP contribution in [0.15, 0.2) is 24.3 Å². The number of unbranched alkanes of at least 4 members (excludes halogenated alkanes) is 2. The highest BCUT2D eigenvalue weighted by Crippen LogP contribution is 2.22. The zero-order chi connectivity index (χ0) is 11.8. The fraction of sp³-hybridized carbons (Fsp3) is 0.500. The maximum Gasteiger partial charge on any atom is 0.0462 e. The summed E-state index contributed by atoms with van der Waals surface area (Å²) in [6.07, 6.45) is 13.2. The molecule has 0 saturated carbocycles. The first-order valence-electron chi connectivity index (χ1n) is 6.32. The molecule has 0 heteroatoms. The molecule has 1 rings (SSSR count). The number of rotatable bonds is 6. The van der Waals surface area contributed by atoms with Crippen molar-refractivity contribution < 1.29 is 0 Å². The van der Waals surface area contributed by atoms with Crippen LogP contribution >= 0.6 is 0 Å². The Kier molecular flexibility index (Phi) is 5.72. The summed E-state index contributed by atoms with van der Waals surface area (Å²) in [5.41, 5.74) is 2.60. The molecule has 1 unspecified atom stereocenters. The summed E-state index contributed by atoms with van der Waals surface area (Å²) < 4.78 is 0. The molecule has 0 aromatic heterocycles. The summed E-state index contributed by atoms with van der Waals surface area (Å²) in [4.78, 5) is 0. The Balaban J connectivity index is 2.61. The quantitative estimate of drug-likeness (QED) is 0.482. The highest BCUT2D eigenvalue weighted by atomic mass is 14.1. The molecule has 0 N–H and O–H groups in total. The summed E-state index contributed by atoms with van der Waals surface area (Å²) in [5, 5.41) is 0. The first kappa shape index (κ1) is 12.8. The predicted octanol–water partition coefficient (Wildman–Crippen LogP) is 4.50. The van der Waals surface area contributed by atoms with Gasteiger partial charge >= 0.3 is 0 Å². The van der Waals surface area contributed by atoms with Crippen LogP contribution in [-0.4, -0.2) is 0 Å². The molecule has 0 saturated heterocycles. The van der Waals surface area contributed by atoms with Gasteiger partial charge in [0.05, 0.1) is 0 Å². The summed E-state index contributed by atoms with van der Waals surface area (Å²) in [6, 6.07) is 8.63. The molecule has 0 heterocycles. The zero-order valence-corrected chi connectivity index (χ0v) is 10.4. The van der Waals surface area contributed by atoms with Crippen molar-refractivity contribution in [3.63, 3.8) is 0 Å². The number of hydrogen-bond acceptors (Lipinski definition) is 0. The average molecular weight is 213 g/mol. The highest BCUT2D eigenvalue weighted by Gasteiger charge is 2.07. The molecule has 1 aromatic carbocycles. The lowest BCUT2D eigenvalue weighted by molar-refractivity contribution is 0.637. The Bertz CT molecular complexity index is 326. The summed E-state index contributed by atoms with van der Waals surface area (Å²) in [7, 11) is 0. The minimum absolute atomic E-state index is 0.192. The lowest BCUT2D eigenvalue weighted by atomic mass is 9.93. The van der Waals surface area contributed by atoms with Gasteiger partial charge in [-0.05, 0) is 30.4 Å². The molecule has 0 spiro atoms. The standard InChI is InChI=1S/C16H21/c1-4-7-8-9-15(6-3)16-12-10-14(5-2)11-13-16/h10-13,15H,4-5,7-9H2,1-2H3. The molecule has 0 fully saturated rings. The van der Waals surface area contributed by atoms with Crippen LogP contribution in [0, 0.1) is 12.3 Å². The molecule has 1 atom stereocenters. The Morgan fingerprint density at radius 2 is 1.81 bits per heavy atom. The van der Waals surface area contributed by atoms with Crippen molar-refractivity contribution in [3.05, 3.63) is 41.8 Å². The van der Waals surface area contributed by atoms with Gasteiger partial charge in [-0.1, -0.05) is 63.3 Å². The largest absolute Gasteiger partial charge is 0.0809 e. The minimum Gasteiger partial charge on any atom is -0.0809 e. The fourth-order valence-corrected chi connectivity index (χ4v) is 1.91. The molecule has 1 aromatic rings. The Morgan fingerprint density at radius 1 is 1.12 bits per heavy atom. The lowest BCUT2D eigenvalue weighted by Gasteiger charge is -2.11. The highest BCUT2D eigenvalue weighted by molar-refractivity contribution is 5.29. The first-order chi connectivity index (χ1) is 7.81. The molecular weight excluding hydrogens is 192 g/mol. The third-order valence-corrected chi connectivity index (χ3v) is 3.06. The zero-order valence-electron chi connectivity index (χ0n) is 10.4. The maximum absolute atomic E-state index is 7.38. The van der Waals surface area contributed by atoms with Gasteiger partial charge in [-0.25, -0.2) is 0 Å². The van der Waals surface area contributed by atoms with Crippen LogP contribution < -0.4 is 0 Å². The molecule has 0 aliphatic rings. The number of benzene rings is 1. The second-order valence-corrected chi connectivity index (χ2v) is 4.29. The van der Waals surface area contributed by atoms with Crippen LogP contribution in [0.5, 0.6) is 0 Å². The second kappa shape index (κ2) is 7.12. The third-order valence-electron chi connectivity index (χ3n) is 3.06. The Morgan fingerprint density at radius 3 is 2.31 bits per heavy atom. The van der Waals surface area contributed by atoms with E-state index < -0.39 is 0 Å². The van der Waals surface area contributed by atoms with Crippen molar-refractivity contribution in [1.29, 1.82) is 0 Å². The van der Waals surface area contributed by atoms with Crippen molar-refractivity contribution in [2.75, 3.05) is 0 Å². The smallest absolute Gasteiger partial charge is 0.0462 e. The van der Waals surface area contributed by atoms with Gasteiger partial charge in [-0.15, -0.1) is 0 Å². The van der Waals surface area contributed by atoms with E-state index in [2.05, 4.69) is 44.0 Å². The van der Waals surface area contributed by atoms with Crippen molar-refractivity contribution in [2.24, 2.45) is 0 Å². The van der Waals surface area contributed by atoms with Crippen LogP contribution in [-0.2, 0) is 6.42 Å². The van der Waals surface area contributed by atoms with Crippen molar-refractivity contribution >= 4 is 0 Å². The lowest BCUT2D eigenvalue weighted by Crippen LogP contribution is -1.96. The van der Waals surface area contributed by atoms with Gasteiger partial charge in [0.1, 0.15) is 0 Å². The van der Waals surface area contributed by atoms with Crippen LogP contribution in [0.1, 0.15) is 56.6 Å². The van der Waals surface area contributed by atoms with E-state index >= 15 is 0 Å². The van der Waals surface area contributed by atoms with E-state index in [-0.39, 0.29) is 5.92 Å². The second-order valence-electron chi connectivity index (χ2n) is 4.29. The van der Waals surface area contributed by atoms with Gasteiger partial charge in [-0.3, -0.25) is 0 Å². The van der Waals surface area contributed by atoms with E-state index in [4.69, 9.17) is 6.42 Å². The normalized spacial score (nSPS) is 12.1. The molecule has 85 valence electrons. The predicted molar refractivity (Wildman–Crippen MR) is 69.8 cm³/mol. The van der Waals surface area contributed by atoms with E-state index in [9.17, 15) is 0 Å². The number of aryl methyl sites for hydroxylation is 1. The van der Waals surface area contributed by atoms with Gasteiger partial charge in [0, 0.05) is 5.92 Å². The summed E-state index contributed by atoms with van der Waals surface area (Å²) in [5.74, 6) is 2.86. The molecule has 0 aliphatic carbocycles. The minimum atomic E-state index is 0.192. The van der Waals surface area contributed by atoms with Crippen LogP contribution in [0.25, 0.3) is 0 Å². The Labute approximate surface area is 100 Å². The molecule has 0 amide bonds. The average Bonchev–Trinajstić information content (AvgIpc) is 2.35. The van der Waals surface area contributed by atoms with E-state index in [1.165, 1.54) is 30.4 Å². The summed E-state index contributed by atoms with van der Waals surface area (Å²) >= 11 is 0. The Hall–Kier alpha value is -1.22. The number of hydrogen-bond donors (Lipinski definition) is 0. The van der Waals surface area contributed by atoms with Crippen LogP contribution in [0.2, 0.25) is 0 Å². The van der Waals surface area contributed by atoms with Crippen molar-refractivity contribution in [2.45, 2.75) is 51.9 Å². The first-order valence-corrected chi connectivity index (χ1v) is 6.32. The van der Waals surface area contributed by atoms with E-state index in [1.807, 2.05) is 0 Å². The van der Waals surface area contributed by atoms with Gasteiger partial charge in [0.25, 0.3) is 0 Å². The fourth-order valence-electron chi connectivity index (χ4n) is 1.91. The third kappa shape index (κ3) is 3.74. The SMILES string of the molecule is [C]#CC(CCCCC)c1ccc(CC)cc1. The molecule has 0 bridgehead atoms. The molecule has 16 heavy (non-hydrogen) atoms. The molecule has 0 aliphatic heterocycles. The van der Waals surface area contributed by atoms with Gasteiger partial charge < -0.3 is 0 Å². The maximum atomic E-state index is 7.38. The molecule has 1 radical (unpaired) electrons. The van der Waals surface area contributed by atoms with Crippen LogP contribution in [0.3, 0.4) is 0 Å². The van der Waals surface area contributed by atoms with Crippen molar-refractivity contribution in [1.82, 2.24) is 0 Å². The van der Waals surface area contributed by atoms with E-state index in [0.717, 1.165) is 12.8 Å².